The van der Waals surface area contributed by atoms with Crippen molar-refractivity contribution >= 4 is 45.0 Å². The second-order valence-corrected chi connectivity index (χ2v) is 4.53. The van der Waals surface area contributed by atoms with Crippen molar-refractivity contribution in [3.63, 3.8) is 0 Å². The summed E-state index contributed by atoms with van der Waals surface area (Å²) in [4.78, 5) is 24.2. The van der Waals surface area contributed by atoms with Crippen LogP contribution in [0.4, 0.5) is 5.69 Å². The van der Waals surface area contributed by atoms with Gasteiger partial charge in [-0.2, -0.15) is 0 Å². The molecule has 1 fully saturated rings. The Morgan fingerprint density at radius 3 is 2.50 bits per heavy atom. The Morgan fingerprint density at radius 2 is 1.88 bits per heavy atom. The summed E-state index contributed by atoms with van der Waals surface area (Å²) in [7, 11) is 0. The quantitative estimate of drug-likeness (QED) is 0.746. The third kappa shape index (κ3) is 2.11. The number of amides is 2. The molecule has 84 valence electrons. The van der Waals surface area contributed by atoms with Gasteiger partial charge in [0.25, 0.3) is 11.8 Å². The molecule has 0 bridgehead atoms. The highest BCUT2D eigenvalue weighted by Gasteiger charge is 2.29. The van der Waals surface area contributed by atoms with E-state index in [0.29, 0.717) is 10.7 Å². The third-order valence-electron chi connectivity index (χ3n) is 2.10. The molecule has 1 aromatic rings. The van der Waals surface area contributed by atoms with Crippen molar-refractivity contribution in [1.82, 2.24) is 0 Å². The molecule has 0 aromatic heterocycles. The molecule has 1 saturated heterocycles. The SMILES string of the molecule is O=C1COCC(=O)N1c1cc(Br)ccc1Cl. The maximum atomic E-state index is 11.6. The van der Waals surface area contributed by atoms with Crippen LogP contribution in [0, 0.1) is 0 Å². The van der Waals surface area contributed by atoms with Gasteiger partial charge in [0.15, 0.2) is 0 Å². The predicted molar refractivity (Wildman–Crippen MR) is 62.5 cm³/mol. The largest absolute Gasteiger partial charge is 0.362 e. The molecule has 0 spiro atoms. The van der Waals surface area contributed by atoms with E-state index in [0.717, 1.165) is 9.37 Å². The van der Waals surface area contributed by atoms with Gasteiger partial charge in [-0.15, -0.1) is 0 Å². The number of carbonyl (C=O) groups excluding carboxylic acids is 2. The van der Waals surface area contributed by atoms with Gasteiger partial charge in [0.05, 0.1) is 10.7 Å². The average molecular weight is 305 g/mol. The van der Waals surface area contributed by atoms with Crippen LogP contribution in [-0.2, 0) is 14.3 Å². The molecule has 1 heterocycles. The minimum atomic E-state index is -0.406. The minimum Gasteiger partial charge on any atom is -0.362 e. The number of hydrogen-bond donors (Lipinski definition) is 0. The van der Waals surface area contributed by atoms with E-state index in [1.54, 1.807) is 18.2 Å². The molecule has 0 unspecified atom stereocenters. The Labute approximate surface area is 105 Å². The van der Waals surface area contributed by atoms with Crippen LogP contribution < -0.4 is 4.90 Å². The number of anilines is 1. The fourth-order valence-corrected chi connectivity index (χ4v) is 1.97. The molecule has 6 heteroatoms. The van der Waals surface area contributed by atoms with Gasteiger partial charge in [0.1, 0.15) is 13.2 Å². The Morgan fingerprint density at radius 1 is 1.25 bits per heavy atom. The highest BCUT2D eigenvalue weighted by atomic mass is 79.9. The third-order valence-corrected chi connectivity index (χ3v) is 2.91. The van der Waals surface area contributed by atoms with Gasteiger partial charge in [-0.3, -0.25) is 9.59 Å². The van der Waals surface area contributed by atoms with Crippen LogP contribution in [-0.4, -0.2) is 25.0 Å². The Hall–Kier alpha value is -0.910. The topological polar surface area (TPSA) is 46.6 Å². The first kappa shape index (κ1) is 11.6. The molecular formula is C10H7BrClNO3. The van der Waals surface area contributed by atoms with Crippen molar-refractivity contribution in [3.05, 3.63) is 27.7 Å². The van der Waals surface area contributed by atoms with Crippen molar-refractivity contribution in [2.45, 2.75) is 0 Å². The molecule has 16 heavy (non-hydrogen) atoms. The molecule has 0 N–H and O–H groups in total. The lowest BCUT2D eigenvalue weighted by Crippen LogP contribution is -2.46. The summed E-state index contributed by atoms with van der Waals surface area (Å²) in [6, 6.07) is 4.99. The monoisotopic (exact) mass is 303 g/mol. The number of carbonyl (C=O) groups is 2. The zero-order valence-electron chi connectivity index (χ0n) is 8.07. The van der Waals surface area contributed by atoms with Crippen molar-refractivity contribution < 1.29 is 14.3 Å². The summed E-state index contributed by atoms with van der Waals surface area (Å²) in [6.07, 6.45) is 0. The van der Waals surface area contributed by atoms with Crippen LogP contribution in [0.3, 0.4) is 0 Å². The summed E-state index contributed by atoms with van der Waals surface area (Å²) in [5.74, 6) is -0.812. The van der Waals surface area contributed by atoms with Gasteiger partial charge in [-0.1, -0.05) is 27.5 Å². The maximum absolute atomic E-state index is 11.6. The molecule has 0 saturated carbocycles. The lowest BCUT2D eigenvalue weighted by atomic mass is 10.2. The van der Waals surface area contributed by atoms with E-state index in [1.165, 1.54) is 0 Å². The fourth-order valence-electron chi connectivity index (χ4n) is 1.42. The maximum Gasteiger partial charge on any atom is 0.259 e. The number of halogens is 2. The number of morpholine rings is 1. The summed E-state index contributed by atoms with van der Waals surface area (Å²) in [6.45, 7) is -0.205. The summed E-state index contributed by atoms with van der Waals surface area (Å²) in [5.41, 5.74) is 0.384. The zero-order chi connectivity index (χ0) is 11.7. The highest BCUT2D eigenvalue weighted by Crippen LogP contribution is 2.30. The minimum absolute atomic E-state index is 0.103. The van der Waals surface area contributed by atoms with E-state index in [1.807, 2.05) is 0 Å². The van der Waals surface area contributed by atoms with Crippen molar-refractivity contribution in [3.8, 4) is 0 Å². The highest BCUT2D eigenvalue weighted by molar-refractivity contribution is 9.10. The smallest absolute Gasteiger partial charge is 0.259 e. The molecule has 1 aromatic carbocycles. The molecule has 0 aliphatic carbocycles. The van der Waals surface area contributed by atoms with Crippen LogP contribution >= 0.6 is 27.5 Å². The Bertz CT molecular complexity index is 447. The molecule has 0 radical (unpaired) electrons. The van der Waals surface area contributed by atoms with Crippen molar-refractivity contribution in [2.75, 3.05) is 18.1 Å². The van der Waals surface area contributed by atoms with Gasteiger partial charge in [-0.05, 0) is 18.2 Å². The van der Waals surface area contributed by atoms with E-state index >= 15 is 0 Å². The summed E-state index contributed by atoms with van der Waals surface area (Å²) < 4.78 is 5.57. The standard InChI is InChI=1S/C10H7BrClNO3/c11-6-1-2-7(12)8(3-6)13-9(14)4-16-5-10(13)15/h1-3H,4-5H2. The number of nitrogens with zero attached hydrogens (tertiary/aromatic N) is 1. The normalized spacial score (nSPS) is 16.8. The predicted octanol–water partition coefficient (Wildman–Crippen LogP) is 1.99. The molecule has 4 nitrogen and oxygen atoms in total. The van der Waals surface area contributed by atoms with E-state index in [2.05, 4.69) is 15.9 Å². The van der Waals surface area contributed by atoms with Gasteiger partial charge < -0.3 is 4.74 Å². The van der Waals surface area contributed by atoms with Crippen LogP contribution in [0.5, 0.6) is 0 Å². The van der Waals surface area contributed by atoms with Gasteiger partial charge in [0, 0.05) is 4.47 Å². The van der Waals surface area contributed by atoms with Gasteiger partial charge in [-0.25, -0.2) is 4.90 Å². The summed E-state index contributed by atoms with van der Waals surface area (Å²) >= 11 is 9.22. The average Bonchev–Trinajstić information content (AvgIpc) is 2.23. The van der Waals surface area contributed by atoms with Crippen LogP contribution in [0.15, 0.2) is 22.7 Å². The number of ether oxygens (including phenoxy) is 1. The number of imide groups is 1. The lowest BCUT2D eigenvalue weighted by molar-refractivity contribution is -0.138. The van der Waals surface area contributed by atoms with Crippen molar-refractivity contribution in [1.29, 1.82) is 0 Å². The number of benzene rings is 1. The number of hydrogen-bond acceptors (Lipinski definition) is 3. The fraction of sp³-hybridized carbons (Fsp3) is 0.200. The van der Waals surface area contributed by atoms with Crippen molar-refractivity contribution in [2.24, 2.45) is 0 Å². The first-order valence-electron chi connectivity index (χ1n) is 4.48. The van der Waals surface area contributed by atoms with E-state index < -0.39 is 11.8 Å². The molecular weight excluding hydrogens is 297 g/mol. The second kappa shape index (κ2) is 4.53. The first-order chi connectivity index (χ1) is 7.59. The lowest BCUT2D eigenvalue weighted by Gasteiger charge is -2.25. The molecule has 1 aliphatic rings. The molecule has 0 atom stereocenters. The van der Waals surface area contributed by atoms with E-state index in [9.17, 15) is 9.59 Å². The van der Waals surface area contributed by atoms with E-state index in [4.69, 9.17) is 16.3 Å². The van der Waals surface area contributed by atoms with Gasteiger partial charge >= 0.3 is 0 Å². The zero-order valence-corrected chi connectivity index (χ0v) is 10.4. The Kier molecular flexibility index (Phi) is 3.28. The molecule has 1 aliphatic heterocycles. The van der Waals surface area contributed by atoms with Crippen LogP contribution in [0.2, 0.25) is 5.02 Å². The van der Waals surface area contributed by atoms with Gasteiger partial charge in [0.2, 0.25) is 0 Å². The number of rotatable bonds is 1. The second-order valence-electron chi connectivity index (χ2n) is 3.21. The van der Waals surface area contributed by atoms with Crippen LogP contribution in [0.1, 0.15) is 0 Å². The summed E-state index contributed by atoms with van der Waals surface area (Å²) in [5, 5.41) is 0.354. The first-order valence-corrected chi connectivity index (χ1v) is 5.65. The molecule has 2 rings (SSSR count). The van der Waals surface area contributed by atoms with E-state index in [-0.39, 0.29) is 13.2 Å². The Balaban J connectivity index is 2.45. The van der Waals surface area contributed by atoms with Crippen LogP contribution in [0.25, 0.3) is 0 Å². The molecule has 2 amide bonds.